The normalized spacial score (nSPS) is 11.1. The molecule has 1 heterocycles. The van der Waals surface area contributed by atoms with E-state index in [1.807, 2.05) is 38.1 Å². The van der Waals surface area contributed by atoms with Gasteiger partial charge in [-0.25, -0.2) is 14.8 Å². The van der Waals surface area contributed by atoms with E-state index in [0.29, 0.717) is 0 Å². The minimum Gasteiger partial charge on any atom is -0.465 e. The first kappa shape index (κ1) is 13.0. The second kappa shape index (κ2) is 5.06. The first-order valence-electron chi connectivity index (χ1n) is 5.86. The van der Waals surface area contributed by atoms with Crippen LogP contribution in [0.2, 0.25) is 0 Å². The van der Waals surface area contributed by atoms with Crippen molar-refractivity contribution >= 4 is 6.09 Å². The van der Waals surface area contributed by atoms with Gasteiger partial charge in [0.15, 0.2) is 0 Å². The minimum absolute atomic E-state index is 0.627. The summed E-state index contributed by atoms with van der Waals surface area (Å²) >= 11 is 0. The number of nitrogens with one attached hydrogen (secondary N) is 1. The maximum atomic E-state index is 10.7. The van der Waals surface area contributed by atoms with Crippen LogP contribution in [0.15, 0.2) is 43.0 Å². The Kier molecular flexibility index (Phi) is 3.46. The van der Waals surface area contributed by atoms with Crippen molar-refractivity contribution in [3.8, 4) is 11.1 Å². The Morgan fingerprint density at radius 3 is 2.21 bits per heavy atom. The summed E-state index contributed by atoms with van der Waals surface area (Å²) < 4.78 is 0. The largest absolute Gasteiger partial charge is 0.465 e. The zero-order valence-corrected chi connectivity index (χ0v) is 10.8. The van der Waals surface area contributed by atoms with Gasteiger partial charge in [-0.2, -0.15) is 0 Å². The van der Waals surface area contributed by atoms with E-state index in [4.69, 9.17) is 5.11 Å². The number of benzene rings is 1. The lowest BCUT2D eigenvalue weighted by atomic mass is 9.93. The van der Waals surface area contributed by atoms with Gasteiger partial charge in [-0.1, -0.05) is 24.3 Å². The molecule has 0 spiro atoms. The van der Waals surface area contributed by atoms with Crippen LogP contribution in [0.25, 0.3) is 11.1 Å². The molecule has 5 nitrogen and oxygen atoms in total. The first-order valence-corrected chi connectivity index (χ1v) is 5.86. The maximum absolute atomic E-state index is 10.7. The number of hydrogen-bond acceptors (Lipinski definition) is 3. The molecule has 98 valence electrons. The van der Waals surface area contributed by atoms with E-state index in [9.17, 15) is 4.79 Å². The van der Waals surface area contributed by atoms with Gasteiger partial charge < -0.3 is 10.4 Å². The fourth-order valence-electron chi connectivity index (χ4n) is 1.87. The van der Waals surface area contributed by atoms with Crippen LogP contribution < -0.4 is 5.32 Å². The van der Waals surface area contributed by atoms with Gasteiger partial charge in [-0.05, 0) is 25.0 Å². The molecule has 5 heteroatoms. The van der Waals surface area contributed by atoms with Gasteiger partial charge in [0, 0.05) is 18.0 Å². The van der Waals surface area contributed by atoms with E-state index in [-0.39, 0.29) is 0 Å². The predicted molar refractivity (Wildman–Crippen MR) is 71.7 cm³/mol. The van der Waals surface area contributed by atoms with Gasteiger partial charge in [0.25, 0.3) is 0 Å². The topological polar surface area (TPSA) is 75.1 Å². The summed E-state index contributed by atoms with van der Waals surface area (Å²) in [6.45, 7) is 3.64. The standard InChI is InChI=1S/C14H15N3O2/c1-14(2,17-13(18)19)12-5-3-10(4-6-12)11-7-15-9-16-8-11/h3-9,17H,1-2H3,(H,18,19). The van der Waals surface area contributed by atoms with E-state index in [1.54, 1.807) is 12.4 Å². The van der Waals surface area contributed by atoms with Crippen molar-refractivity contribution in [1.29, 1.82) is 0 Å². The number of carboxylic acid groups (broad SMARTS) is 1. The summed E-state index contributed by atoms with van der Waals surface area (Å²) in [5, 5.41) is 11.3. The van der Waals surface area contributed by atoms with E-state index < -0.39 is 11.6 Å². The molecule has 0 saturated heterocycles. The third-order valence-electron chi connectivity index (χ3n) is 2.92. The average Bonchev–Trinajstić information content (AvgIpc) is 2.38. The zero-order chi connectivity index (χ0) is 13.9. The second-order valence-electron chi connectivity index (χ2n) is 4.76. The van der Waals surface area contributed by atoms with E-state index >= 15 is 0 Å². The second-order valence-corrected chi connectivity index (χ2v) is 4.76. The molecule has 0 unspecified atom stereocenters. The number of aromatic nitrogens is 2. The van der Waals surface area contributed by atoms with Crippen molar-refractivity contribution in [2.45, 2.75) is 19.4 Å². The van der Waals surface area contributed by atoms with Crippen molar-refractivity contribution in [1.82, 2.24) is 15.3 Å². The van der Waals surface area contributed by atoms with Crippen LogP contribution in [-0.2, 0) is 5.54 Å². The summed E-state index contributed by atoms with van der Waals surface area (Å²) in [6, 6.07) is 7.66. The molecule has 19 heavy (non-hydrogen) atoms. The summed E-state index contributed by atoms with van der Waals surface area (Å²) in [5.74, 6) is 0. The summed E-state index contributed by atoms with van der Waals surface area (Å²) in [5.41, 5.74) is 2.20. The highest BCUT2D eigenvalue weighted by molar-refractivity contribution is 5.66. The van der Waals surface area contributed by atoms with Gasteiger partial charge in [0.2, 0.25) is 0 Å². The van der Waals surface area contributed by atoms with Gasteiger partial charge in [-0.3, -0.25) is 0 Å². The summed E-state index contributed by atoms with van der Waals surface area (Å²) in [6.07, 6.45) is 3.92. The molecule has 0 atom stereocenters. The molecule has 0 radical (unpaired) electrons. The molecule has 2 aromatic rings. The fourth-order valence-corrected chi connectivity index (χ4v) is 1.87. The van der Waals surface area contributed by atoms with Crippen LogP contribution in [0.1, 0.15) is 19.4 Å². The number of carbonyl (C=O) groups is 1. The Hall–Kier alpha value is -2.43. The van der Waals surface area contributed by atoms with Crippen LogP contribution in [-0.4, -0.2) is 21.2 Å². The Morgan fingerprint density at radius 1 is 1.11 bits per heavy atom. The van der Waals surface area contributed by atoms with E-state index in [0.717, 1.165) is 16.7 Å². The highest BCUT2D eigenvalue weighted by Crippen LogP contribution is 2.24. The Labute approximate surface area is 111 Å². The van der Waals surface area contributed by atoms with Crippen LogP contribution in [0, 0.1) is 0 Å². The SMILES string of the molecule is CC(C)(NC(=O)O)c1ccc(-c2cncnc2)cc1. The van der Waals surface area contributed by atoms with Crippen molar-refractivity contribution < 1.29 is 9.90 Å². The molecule has 0 aliphatic carbocycles. The van der Waals surface area contributed by atoms with Gasteiger partial charge in [0.1, 0.15) is 6.33 Å². The van der Waals surface area contributed by atoms with Crippen LogP contribution in [0.3, 0.4) is 0 Å². The quantitative estimate of drug-likeness (QED) is 0.886. The van der Waals surface area contributed by atoms with Crippen molar-refractivity contribution in [3.05, 3.63) is 48.5 Å². The first-order chi connectivity index (χ1) is 8.99. The zero-order valence-electron chi connectivity index (χ0n) is 10.8. The molecule has 1 amide bonds. The maximum Gasteiger partial charge on any atom is 0.405 e. The number of rotatable bonds is 3. The predicted octanol–water partition coefficient (Wildman–Crippen LogP) is 2.65. The Morgan fingerprint density at radius 2 is 1.68 bits per heavy atom. The molecule has 2 rings (SSSR count). The molecular formula is C14H15N3O2. The van der Waals surface area contributed by atoms with Gasteiger partial charge >= 0.3 is 6.09 Å². The fraction of sp³-hybridized carbons (Fsp3) is 0.214. The molecule has 1 aromatic carbocycles. The monoisotopic (exact) mass is 257 g/mol. The van der Waals surface area contributed by atoms with Gasteiger partial charge in [-0.15, -0.1) is 0 Å². The van der Waals surface area contributed by atoms with Crippen molar-refractivity contribution in [3.63, 3.8) is 0 Å². The molecule has 0 bridgehead atoms. The lowest BCUT2D eigenvalue weighted by Gasteiger charge is -2.25. The highest BCUT2D eigenvalue weighted by Gasteiger charge is 2.22. The highest BCUT2D eigenvalue weighted by atomic mass is 16.4. The lowest BCUT2D eigenvalue weighted by molar-refractivity contribution is 0.182. The average molecular weight is 257 g/mol. The minimum atomic E-state index is -1.04. The van der Waals surface area contributed by atoms with E-state index in [1.165, 1.54) is 6.33 Å². The number of nitrogens with zero attached hydrogens (tertiary/aromatic N) is 2. The molecule has 1 aromatic heterocycles. The third kappa shape index (κ3) is 3.07. The Bertz CT molecular complexity index is 565. The Balaban J connectivity index is 2.26. The van der Waals surface area contributed by atoms with Crippen LogP contribution in [0.5, 0.6) is 0 Å². The number of hydrogen-bond donors (Lipinski definition) is 2. The molecule has 0 aliphatic rings. The third-order valence-corrected chi connectivity index (χ3v) is 2.92. The summed E-state index contributed by atoms with van der Waals surface area (Å²) in [7, 11) is 0. The number of amides is 1. The molecule has 0 saturated carbocycles. The van der Waals surface area contributed by atoms with Crippen LogP contribution >= 0.6 is 0 Å². The molecular weight excluding hydrogens is 242 g/mol. The smallest absolute Gasteiger partial charge is 0.405 e. The summed E-state index contributed by atoms with van der Waals surface area (Å²) in [4.78, 5) is 18.7. The van der Waals surface area contributed by atoms with Crippen molar-refractivity contribution in [2.24, 2.45) is 0 Å². The lowest BCUT2D eigenvalue weighted by Crippen LogP contribution is -2.39. The molecule has 2 N–H and O–H groups in total. The van der Waals surface area contributed by atoms with Crippen LogP contribution in [0.4, 0.5) is 4.79 Å². The van der Waals surface area contributed by atoms with E-state index in [2.05, 4.69) is 15.3 Å². The van der Waals surface area contributed by atoms with Gasteiger partial charge in [0.05, 0.1) is 5.54 Å². The molecule has 0 fully saturated rings. The molecule has 0 aliphatic heterocycles. The van der Waals surface area contributed by atoms with Crippen molar-refractivity contribution in [2.75, 3.05) is 0 Å².